The van der Waals surface area contributed by atoms with Gasteiger partial charge in [-0.15, -0.1) is 34.0 Å². The Morgan fingerprint density at radius 1 is 0.260 bits per heavy atom. The number of pyridine rings is 1. The standard InChI is InChI=1S/C71H47NS3Si2/c1-5-24-50(25-6-1)76(51-26-7-2-8-27-51,54-32-17-22-48(46-54)56-36-19-37-59-57-34-13-15-40-63(57)73-68(56)59)65-42-20-38-60-61-39-21-43-66(70(61)75-69(60)65)77(52-28-9-3-10-29-52,53-30-11-4-12-31-53)55-33-18-23-49(47-55)67-71-62(44-45-72-67)58-35-14-16-41-64(58)74-71/h1-47H. The first kappa shape index (κ1) is 46.0. The van der Waals surface area contributed by atoms with Crippen molar-refractivity contribution in [2.45, 2.75) is 0 Å². The summed E-state index contributed by atoms with van der Waals surface area (Å²) in [6, 6.07) is 106. The van der Waals surface area contributed by atoms with Crippen LogP contribution in [0.5, 0.6) is 0 Å². The Bertz CT molecular complexity index is 4320. The Labute approximate surface area is 461 Å². The van der Waals surface area contributed by atoms with Gasteiger partial charge in [-0.3, -0.25) is 4.98 Å². The van der Waals surface area contributed by atoms with E-state index in [0.29, 0.717) is 0 Å². The van der Waals surface area contributed by atoms with Gasteiger partial charge in [-0.05, 0) is 70.8 Å². The smallest absolute Gasteiger partial charge is 0.181 e. The van der Waals surface area contributed by atoms with Crippen LogP contribution in [0.25, 0.3) is 82.9 Å². The lowest BCUT2D eigenvalue weighted by Crippen LogP contribution is -2.75. The van der Waals surface area contributed by atoms with E-state index in [-0.39, 0.29) is 0 Å². The molecule has 15 rings (SSSR count). The third-order valence-corrected chi connectivity index (χ3v) is 29.7. The third-order valence-electron chi connectivity index (χ3n) is 16.0. The monoisotopic (exact) mass is 1070 g/mol. The molecule has 0 aliphatic heterocycles. The molecule has 15 aromatic rings. The van der Waals surface area contributed by atoms with Crippen molar-refractivity contribution in [1.82, 2.24) is 4.98 Å². The maximum Gasteiger partial charge on any atom is 0.181 e. The second kappa shape index (κ2) is 18.7. The number of hydrogen-bond donors (Lipinski definition) is 0. The number of fused-ring (bicyclic) bond motifs is 9. The molecule has 362 valence electrons. The minimum Gasteiger partial charge on any atom is -0.255 e. The van der Waals surface area contributed by atoms with E-state index in [1.807, 2.05) is 40.2 Å². The summed E-state index contributed by atoms with van der Waals surface area (Å²) in [5, 5.41) is 18.7. The molecule has 0 atom stereocenters. The van der Waals surface area contributed by atoms with Gasteiger partial charge < -0.3 is 0 Å². The first-order valence-electron chi connectivity index (χ1n) is 26.3. The van der Waals surface area contributed by atoms with Crippen molar-refractivity contribution >= 4 is 152 Å². The lowest BCUT2D eigenvalue weighted by molar-refractivity contribution is 1.37. The van der Waals surface area contributed by atoms with Gasteiger partial charge in [0.1, 0.15) is 0 Å². The van der Waals surface area contributed by atoms with Crippen LogP contribution in [0, 0.1) is 0 Å². The number of rotatable bonds is 10. The lowest BCUT2D eigenvalue weighted by atomic mass is 10.0. The van der Waals surface area contributed by atoms with E-state index in [2.05, 4.69) is 279 Å². The van der Waals surface area contributed by atoms with Crippen molar-refractivity contribution in [3.63, 3.8) is 0 Å². The molecule has 6 heteroatoms. The summed E-state index contributed by atoms with van der Waals surface area (Å²) in [5.41, 5.74) is 4.70. The molecule has 4 aromatic heterocycles. The van der Waals surface area contributed by atoms with Crippen molar-refractivity contribution < 1.29 is 0 Å². The zero-order chi connectivity index (χ0) is 50.9. The summed E-state index contributed by atoms with van der Waals surface area (Å²) < 4.78 is 7.86. The Balaban J connectivity index is 1.01. The fourth-order valence-corrected chi connectivity index (χ4v) is 27.3. The predicted molar refractivity (Wildman–Crippen MR) is 341 cm³/mol. The van der Waals surface area contributed by atoms with Crippen LogP contribution in [0.1, 0.15) is 0 Å². The number of nitrogens with zero attached hydrogens (tertiary/aromatic N) is 1. The fourth-order valence-electron chi connectivity index (χ4n) is 12.7. The topological polar surface area (TPSA) is 12.9 Å². The molecule has 0 bridgehead atoms. The fraction of sp³-hybridized carbons (Fsp3) is 0. The lowest BCUT2D eigenvalue weighted by Gasteiger charge is -2.35. The van der Waals surface area contributed by atoms with Crippen molar-refractivity contribution in [1.29, 1.82) is 0 Å². The van der Waals surface area contributed by atoms with Crippen molar-refractivity contribution in [3.05, 3.63) is 285 Å². The summed E-state index contributed by atoms with van der Waals surface area (Å²) in [7, 11) is -6.23. The van der Waals surface area contributed by atoms with E-state index in [4.69, 9.17) is 4.98 Å². The van der Waals surface area contributed by atoms with Gasteiger partial charge in [0.25, 0.3) is 0 Å². The largest absolute Gasteiger partial charge is 0.255 e. The summed E-state index contributed by atoms with van der Waals surface area (Å²) in [6.07, 6.45) is 1.99. The molecule has 4 heterocycles. The van der Waals surface area contributed by atoms with Crippen molar-refractivity contribution in [2.24, 2.45) is 0 Å². The Morgan fingerprint density at radius 2 is 0.636 bits per heavy atom. The molecule has 0 radical (unpaired) electrons. The highest BCUT2D eigenvalue weighted by molar-refractivity contribution is 7.34. The number of aromatic nitrogens is 1. The first-order chi connectivity index (χ1) is 38.2. The zero-order valence-corrected chi connectivity index (χ0v) is 46.3. The molecule has 0 saturated heterocycles. The minimum atomic E-state index is -3.13. The van der Waals surface area contributed by atoms with E-state index >= 15 is 0 Å². The van der Waals surface area contributed by atoms with Crippen LogP contribution in [-0.2, 0) is 0 Å². The molecule has 0 amide bonds. The molecule has 0 saturated carbocycles. The van der Waals surface area contributed by atoms with Crippen LogP contribution < -0.4 is 41.5 Å². The quantitative estimate of drug-likeness (QED) is 0.0982. The number of hydrogen-bond acceptors (Lipinski definition) is 4. The highest BCUT2D eigenvalue weighted by Crippen LogP contribution is 2.41. The summed E-state index contributed by atoms with van der Waals surface area (Å²) in [5.74, 6) is 0. The molecule has 77 heavy (non-hydrogen) atoms. The van der Waals surface area contributed by atoms with Gasteiger partial charge in [0.05, 0.1) is 10.4 Å². The van der Waals surface area contributed by atoms with E-state index in [9.17, 15) is 0 Å². The summed E-state index contributed by atoms with van der Waals surface area (Å²) in [4.78, 5) is 5.18. The summed E-state index contributed by atoms with van der Waals surface area (Å²) in [6.45, 7) is 0. The SMILES string of the molecule is c1ccc([Si](c2ccccc2)(c2cccc(-c3cccc4c3sc3ccccc34)c2)c2cccc3c2sc2c([Si](c4ccccc4)(c4ccccc4)c4cccc(-c5nccc6c5sc5ccccc56)c4)cccc23)cc1. The Kier molecular flexibility index (Phi) is 11.2. The van der Waals surface area contributed by atoms with E-state index in [1.165, 1.54) is 113 Å². The molecular weight excluding hydrogens is 1020 g/mol. The van der Waals surface area contributed by atoms with Crippen molar-refractivity contribution in [2.75, 3.05) is 0 Å². The predicted octanol–water partition coefficient (Wildman–Crippen LogP) is 14.3. The normalized spacial score (nSPS) is 12.2. The third kappa shape index (κ3) is 7.17. The Hall–Kier alpha value is -8.34. The number of benzene rings is 11. The van der Waals surface area contributed by atoms with Crippen LogP contribution >= 0.6 is 34.0 Å². The molecule has 11 aromatic carbocycles. The molecule has 0 aliphatic rings. The van der Waals surface area contributed by atoms with E-state index in [0.717, 1.165) is 11.3 Å². The highest BCUT2D eigenvalue weighted by atomic mass is 32.1. The molecule has 0 N–H and O–H groups in total. The van der Waals surface area contributed by atoms with Crippen LogP contribution in [-0.4, -0.2) is 21.1 Å². The van der Waals surface area contributed by atoms with Crippen LogP contribution in [0.3, 0.4) is 0 Å². The maximum absolute atomic E-state index is 5.18. The van der Waals surface area contributed by atoms with Gasteiger partial charge in [0, 0.05) is 67.6 Å². The van der Waals surface area contributed by atoms with E-state index < -0.39 is 16.1 Å². The molecule has 0 unspecified atom stereocenters. The van der Waals surface area contributed by atoms with Gasteiger partial charge in [-0.1, -0.05) is 261 Å². The molecule has 0 spiro atoms. The van der Waals surface area contributed by atoms with Gasteiger partial charge in [-0.25, -0.2) is 0 Å². The van der Waals surface area contributed by atoms with Gasteiger partial charge >= 0.3 is 0 Å². The summed E-state index contributed by atoms with van der Waals surface area (Å²) >= 11 is 5.75. The van der Waals surface area contributed by atoms with Crippen LogP contribution in [0.4, 0.5) is 0 Å². The molecule has 0 fully saturated rings. The molecule has 1 nitrogen and oxygen atoms in total. The van der Waals surface area contributed by atoms with Crippen molar-refractivity contribution in [3.8, 4) is 22.4 Å². The zero-order valence-electron chi connectivity index (χ0n) is 41.8. The number of thiophene rings is 3. The first-order valence-corrected chi connectivity index (χ1v) is 32.7. The van der Waals surface area contributed by atoms with Gasteiger partial charge in [-0.2, -0.15) is 0 Å². The highest BCUT2D eigenvalue weighted by Gasteiger charge is 2.46. The van der Waals surface area contributed by atoms with Crippen LogP contribution in [0.15, 0.2) is 285 Å². The van der Waals surface area contributed by atoms with E-state index in [1.54, 1.807) is 0 Å². The van der Waals surface area contributed by atoms with Gasteiger partial charge in [0.15, 0.2) is 16.1 Å². The second-order valence-corrected chi connectivity index (χ2v) is 30.7. The average Bonchev–Trinajstić information content (AvgIpc) is 4.44. The molecule has 0 aliphatic carbocycles. The molecular formula is C71H47NS3Si2. The second-order valence-electron chi connectivity index (χ2n) is 20.0. The van der Waals surface area contributed by atoms with Gasteiger partial charge in [0.2, 0.25) is 0 Å². The maximum atomic E-state index is 5.18. The minimum absolute atomic E-state index is 1.03. The van der Waals surface area contributed by atoms with Crippen LogP contribution in [0.2, 0.25) is 0 Å². The average molecular weight is 1070 g/mol. The Morgan fingerprint density at radius 3 is 1.16 bits per heavy atom.